The highest BCUT2D eigenvalue weighted by Gasteiger charge is 2.26. The molecule has 0 spiro atoms. The number of alkyl halides is 3. The van der Waals surface area contributed by atoms with Gasteiger partial charge in [-0.1, -0.05) is 31.4 Å². The predicted octanol–water partition coefficient (Wildman–Crippen LogP) is 6.59. The maximum Gasteiger partial charge on any atom is 0.389 e. The van der Waals surface area contributed by atoms with Gasteiger partial charge in [0.25, 0.3) is 0 Å². The standard InChI is InChI=1S/C22H27ClF3NO4S2/c1-15(21(28)29)6-9-17-10-13-20(32-17)19(5-3-2-4-14-22(24,25)26)27-33(30,31)18-11-7-16(23)8-12-18/h7-8,10-13,15,19,27H,2-6,9,14H2,1H3,(H,28,29). The van der Waals surface area contributed by atoms with E-state index in [0.29, 0.717) is 37.1 Å². The Morgan fingerprint density at radius 1 is 1.09 bits per heavy atom. The maximum absolute atomic E-state index is 12.9. The van der Waals surface area contributed by atoms with Gasteiger partial charge in [-0.15, -0.1) is 11.3 Å². The van der Waals surface area contributed by atoms with Crippen molar-refractivity contribution in [3.63, 3.8) is 0 Å². The van der Waals surface area contributed by atoms with Crippen molar-refractivity contribution < 1.29 is 31.5 Å². The SMILES string of the molecule is CC(CCc1ccc(C(CCCCCC(F)(F)F)NS(=O)(=O)c2ccc(Cl)cc2)s1)C(=O)O. The number of carbonyl (C=O) groups is 1. The first-order valence-corrected chi connectivity index (χ1v) is 13.2. The summed E-state index contributed by atoms with van der Waals surface area (Å²) in [6.07, 6.45) is -2.99. The first-order chi connectivity index (χ1) is 15.4. The summed E-state index contributed by atoms with van der Waals surface area (Å²) in [5.41, 5.74) is 0. The van der Waals surface area contributed by atoms with Crippen LogP contribution in [0.3, 0.4) is 0 Å². The Kier molecular flexibility index (Phi) is 10.2. The molecular weight excluding hydrogens is 499 g/mol. The highest BCUT2D eigenvalue weighted by molar-refractivity contribution is 7.89. The minimum absolute atomic E-state index is 0.0110. The zero-order chi connectivity index (χ0) is 24.6. The van der Waals surface area contributed by atoms with E-state index in [-0.39, 0.29) is 11.3 Å². The average molecular weight is 526 g/mol. The summed E-state index contributed by atoms with van der Waals surface area (Å²) < 4.78 is 65.6. The van der Waals surface area contributed by atoms with Gasteiger partial charge < -0.3 is 5.11 Å². The molecule has 11 heteroatoms. The molecule has 5 nitrogen and oxygen atoms in total. The monoisotopic (exact) mass is 525 g/mol. The molecule has 0 aliphatic rings. The second-order valence-corrected chi connectivity index (χ2v) is 11.3. The van der Waals surface area contributed by atoms with E-state index in [9.17, 15) is 26.4 Å². The van der Waals surface area contributed by atoms with Crippen LogP contribution in [0.2, 0.25) is 5.02 Å². The topological polar surface area (TPSA) is 83.5 Å². The molecular formula is C22H27ClF3NO4S2. The van der Waals surface area contributed by atoms with Crippen molar-refractivity contribution in [3.05, 3.63) is 51.2 Å². The molecule has 0 radical (unpaired) electrons. The van der Waals surface area contributed by atoms with Gasteiger partial charge in [0.05, 0.1) is 16.9 Å². The normalized spacial score (nSPS) is 14.2. The van der Waals surface area contributed by atoms with E-state index >= 15 is 0 Å². The van der Waals surface area contributed by atoms with Gasteiger partial charge in [-0.05, 0) is 62.1 Å². The van der Waals surface area contributed by atoms with E-state index < -0.39 is 40.5 Å². The number of rotatable bonds is 13. The molecule has 1 aromatic carbocycles. The van der Waals surface area contributed by atoms with E-state index in [1.165, 1.54) is 35.6 Å². The Hall–Kier alpha value is -1.62. The lowest BCUT2D eigenvalue weighted by atomic mass is 10.1. The van der Waals surface area contributed by atoms with Crippen LogP contribution >= 0.6 is 22.9 Å². The van der Waals surface area contributed by atoms with Gasteiger partial charge >= 0.3 is 12.1 Å². The number of sulfonamides is 1. The number of aliphatic carboxylic acids is 1. The van der Waals surface area contributed by atoms with Crippen LogP contribution in [-0.4, -0.2) is 25.7 Å². The second kappa shape index (κ2) is 12.2. The van der Waals surface area contributed by atoms with E-state index in [1.54, 1.807) is 13.0 Å². The number of hydrogen-bond acceptors (Lipinski definition) is 4. The number of benzene rings is 1. The van der Waals surface area contributed by atoms with Crippen molar-refractivity contribution in [1.82, 2.24) is 4.72 Å². The van der Waals surface area contributed by atoms with Crippen LogP contribution in [0.4, 0.5) is 13.2 Å². The third kappa shape index (κ3) is 9.64. The molecule has 1 aromatic heterocycles. The molecule has 2 atom stereocenters. The number of carboxylic acid groups (broad SMARTS) is 1. The maximum atomic E-state index is 12.9. The quantitative estimate of drug-likeness (QED) is 0.289. The van der Waals surface area contributed by atoms with E-state index in [2.05, 4.69) is 4.72 Å². The van der Waals surface area contributed by atoms with Crippen molar-refractivity contribution in [2.75, 3.05) is 0 Å². The lowest BCUT2D eigenvalue weighted by molar-refractivity contribution is -0.141. The summed E-state index contributed by atoms with van der Waals surface area (Å²) in [5, 5.41) is 9.44. The van der Waals surface area contributed by atoms with Gasteiger partial charge in [0.1, 0.15) is 0 Å². The molecule has 2 aromatic rings. The van der Waals surface area contributed by atoms with Crippen LogP contribution < -0.4 is 4.72 Å². The number of halogens is 4. The minimum Gasteiger partial charge on any atom is -0.481 e. The molecule has 184 valence electrons. The number of hydrogen-bond donors (Lipinski definition) is 2. The van der Waals surface area contributed by atoms with Gasteiger partial charge in [0.2, 0.25) is 10.0 Å². The lowest BCUT2D eigenvalue weighted by Gasteiger charge is -2.18. The Morgan fingerprint density at radius 2 is 1.76 bits per heavy atom. The Balaban J connectivity index is 2.11. The second-order valence-electron chi connectivity index (χ2n) is 7.92. The Labute approximate surface area is 201 Å². The van der Waals surface area contributed by atoms with Crippen LogP contribution in [0.5, 0.6) is 0 Å². The molecule has 2 rings (SSSR count). The first-order valence-electron chi connectivity index (χ1n) is 10.5. The molecule has 0 amide bonds. The van der Waals surface area contributed by atoms with Gasteiger partial charge in [-0.25, -0.2) is 13.1 Å². The summed E-state index contributed by atoms with van der Waals surface area (Å²) in [6.45, 7) is 1.63. The van der Waals surface area contributed by atoms with Gasteiger partial charge in [0, 0.05) is 21.2 Å². The molecule has 0 saturated heterocycles. The summed E-state index contributed by atoms with van der Waals surface area (Å²) in [6, 6.07) is 8.73. The molecule has 0 aliphatic heterocycles. The molecule has 2 N–H and O–H groups in total. The lowest BCUT2D eigenvalue weighted by Crippen LogP contribution is -2.28. The van der Waals surface area contributed by atoms with Crippen molar-refractivity contribution in [2.24, 2.45) is 5.92 Å². The van der Waals surface area contributed by atoms with Gasteiger partial charge in [0.15, 0.2) is 0 Å². The highest BCUT2D eigenvalue weighted by atomic mass is 35.5. The van der Waals surface area contributed by atoms with Crippen LogP contribution in [-0.2, 0) is 21.2 Å². The fraction of sp³-hybridized carbons (Fsp3) is 0.500. The van der Waals surface area contributed by atoms with Gasteiger partial charge in [-0.2, -0.15) is 13.2 Å². The molecule has 0 fully saturated rings. The smallest absolute Gasteiger partial charge is 0.389 e. The molecule has 2 unspecified atom stereocenters. The van der Waals surface area contributed by atoms with Crippen LogP contribution in [0.25, 0.3) is 0 Å². The van der Waals surface area contributed by atoms with Crippen molar-refractivity contribution in [3.8, 4) is 0 Å². The van der Waals surface area contributed by atoms with Crippen LogP contribution in [0, 0.1) is 5.92 Å². The summed E-state index contributed by atoms with van der Waals surface area (Å²) in [5.74, 6) is -1.37. The van der Waals surface area contributed by atoms with Crippen LogP contribution in [0.15, 0.2) is 41.3 Å². The summed E-state index contributed by atoms with van der Waals surface area (Å²) in [4.78, 5) is 12.7. The van der Waals surface area contributed by atoms with Crippen molar-refractivity contribution >= 4 is 38.9 Å². The Bertz CT molecular complexity index is 1010. The van der Waals surface area contributed by atoms with Crippen molar-refractivity contribution in [1.29, 1.82) is 0 Å². The number of nitrogens with one attached hydrogen (secondary N) is 1. The zero-order valence-electron chi connectivity index (χ0n) is 18.1. The van der Waals surface area contributed by atoms with Gasteiger partial charge in [-0.3, -0.25) is 4.79 Å². The number of unbranched alkanes of at least 4 members (excludes halogenated alkanes) is 2. The first kappa shape index (κ1) is 27.6. The molecule has 0 bridgehead atoms. The third-order valence-corrected chi connectivity index (χ3v) is 8.14. The van der Waals surface area contributed by atoms with E-state index in [4.69, 9.17) is 16.7 Å². The molecule has 33 heavy (non-hydrogen) atoms. The predicted molar refractivity (Wildman–Crippen MR) is 123 cm³/mol. The van der Waals surface area contributed by atoms with Crippen LogP contribution in [0.1, 0.15) is 61.2 Å². The largest absolute Gasteiger partial charge is 0.481 e. The molecule has 0 saturated carbocycles. The highest BCUT2D eigenvalue weighted by Crippen LogP contribution is 2.31. The third-order valence-electron chi connectivity index (χ3n) is 5.15. The van der Waals surface area contributed by atoms with E-state index in [1.807, 2.05) is 6.07 Å². The summed E-state index contributed by atoms with van der Waals surface area (Å²) in [7, 11) is -3.88. The number of aryl methyl sites for hydroxylation is 1. The van der Waals surface area contributed by atoms with Crippen molar-refractivity contribution in [2.45, 2.75) is 69.0 Å². The zero-order valence-corrected chi connectivity index (χ0v) is 20.5. The summed E-state index contributed by atoms with van der Waals surface area (Å²) >= 11 is 7.22. The number of thiophene rings is 1. The molecule has 0 aliphatic carbocycles. The fourth-order valence-electron chi connectivity index (χ4n) is 3.18. The minimum atomic E-state index is -4.20. The average Bonchev–Trinajstić information content (AvgIpc) is 3.19. The fourth-order valence-corrected chi connectivity index (χ4v) is 5.74. The Morgan fingerprint density at radius 3 is 2.36 bits per heavy atom. The molecule has 1 heterocycles. The van der Waals surface area contributed by atoms with E-state index in [0.717, 1.165) is 9.75 Å². The number of carboxylic acids is 1.